The molecule has 0 saturated carbocycles. The van der Waals surface area contributed by atoms with Gasteiger partial charge in [-0.15, -0.1) is 0 Å². The van der Waals surface area contributed by atoms with Gasteiger partial charge in [0.25, 0.3) is 0 Å². The molecule has 0 saturated heterocycles. The number of aliphatic hydroxyl groups excluding tert-OH is 4. The number of unbranched alkanes of at least 4 members (excludes halogenated alkanes) is 1. The van der Waals surface area contributed by atoms with E-state index in [1.54, 1.807) is 28.2 Å². The van der Waals surface area contributed by atoms with Gasteiger partial charge in [0.05, 0.1) is 0 Å². The molecule has 5 amide bonds. The zero-order valence-electron chi connectivity index (χ0n) is 38.9. The van der Waals surface area contributed by atoms with Crippen molar-refractivity contribution in [3.63, 3.8) is 0 Å². The van der Waals surface area contributed by atoms with Crippen molar-refractivity contribution in [2.24, 2.45) is 17.2 Å². The number of hydrogen-bond donors (Lipinski definition) is 15. The first-order chi connectivity index (χ1) is 26.3. The molecule has 354 valence electrons. The van der Waals surface area contributed by atoms with Crippen molar-refractivity contribution in [2.75, 3.05) is 98.4 Å². The van der Waals surface area contributed by atoms with Crippen LogP contribution in [-0.2, 0) is 33.6 Å². The molecule has 20 N–H and O–H groups in total. The minimum atomic E-state index is -0.857. The third-order valence-electron chi connectivity index (χ3n) is 4.87. The molecule has 0 aromatic carbocycles. The second-order valence-corrected chi connectivity index (χ2v) is 8.27. The van der Waals surface area contributed by atoms with Gasteiger partial charge in [0.2, 0.25) is 29.5 Å². The van der Waals surface area contributed by atoms with E-state index in [2.05, 4.69) is 49.1 Å². The Labute approximate surface area is 397 Å². The van der Waals surface area contributed by atoms with Crippen LogP contribution < -0.4 is 108 Å². The second kappa shape index (κ2) is 117. The number of hydrogen-bond acceptors (Lipinski definition) is 17. The number of carboxylic acids is 2. The van der Waals surface area contributed by atoms with E-state index in [4.69, 9.17) is 30.6 Å². The van der Waals surface area contributed by atoms with Crippen LogP contribution >= 0.6 is 0 Å². The standard InChI is InChI=1S/2C7H14N2O2.C6H11NO3.C6H13NO2.3CH5N.4CH4O.2Na.2H2O/c2*1-8-6(10)4-3-5-7(11)9-2;1-7-5(8)3-2-4-6(9)10;1-7-5-3-2-4-6(8)9;7*1-2;;;;/h2*3-5H2,1-2H3,(H,8,10)(H,9,11);2-4H2,1H3,(H,7,8)(H,9,10);7H,2-5H2,1H3,(H,8,9);3*2H2,1H3;4*2H,1H3;;;2*1H2/q;;;;;;;;;;;2*+1;;/p-2. The fourth-order valence-electron chi connectivity index (χ4n) is 2.42. The van der Waals surface area contributed by atoms with Gasteiger partial charge in [0, 0.05) is 109 Å². The van der Waals surface area contributed by atoms with E-state index in [9.17, 15) is 33.6 Å². The summed E-state index contributed by atoms with van der Waals surface area (Å²) >= 11 is 0. The first-order valence-electron chi connectivity index (χ1n) is 17.0. The van der Waals surface area contributed by atoms with E-state index in [0.717, 1.165) is 47.8 Å². The average molecular weight is 894 g/mol. The van der Waals surface area contributed by atoms with Crippen LogP contribution in [0.25, 0.3) is 0 Å². The fraction of sp³-hybridized carbons (Fsp3) is 0.788. The van der Waals surface area contributed by atoms with E-state index in [1.807, 2.05) is 7.05 Å². The van der Waals surface area contributed by atoms with E-state index in [0.29, 0.717) is 57.8 Å². The number of nitrogens with two attached hydrogens (primary N) is 3. The maximum Gasteiger partial charge on any atom is 1.00 e. The van der Waals surface area contributed by atoms with Gasteiger partial charge in [-0.3, -0.25) is 33.6 Å². The summed E-state index contributed by atoms with van der Waals surface area (Å²) in [4.78, 5) is 72.9. The Morgan fingerprint density at radius 3 is 0.678 bits per heavy atom. The van der Waals surface area contributed by atoms with Crippen LogP contribution in [0.4, 0.5) is 0 Å². The molecule has 0 heterocycles. The molecule has 0 aromatic heterocycles. The van der Waals surface area contributed by atoms with Crippen LogP contribution in [0.15, 0.2) is 0 Å². The van der Waals surface area contributed by atoms with E-state index < -0.39 is 11.9 Å². The molecule has 0 aliphatic carbocycles. The van der Waals surface area contributed by atoms with Gasteiger partial charge in [-0.25, -0.2) is 0 Å². The Balaban J connectivity index is -0.0000000299. The summed E-state index contributed by atoms with van der Waals surface area (Å²) in [5.74, 6) is -1.75. The number of rotatable bonds is 17. The van der Waals surface area contributed by atoms with Crippen LogP contribution in [0.2, 0.25) is 0 Å². The summed E-state index contributed by atoms with van der Waals surface area (Å²) in [6.07, 6.45) is 5.69. The third-order valence-corrected chi connectivity index (χ3v) is 4.87. The van der Waals surface area contributed by atoms with E-state index in [-0.39, 0.29) is 106 Å². The number of carbonyl (C=O) groups is 7. The monoisotopic (exact) mass is 894 g/mol. The molecule has 0 bridgehead atoms. The van der Waals surface area contributed by atoms with E-state index in [1.165, 1.54) is 28.2 Å². The molecule has 0 radical (unpaired) electrons. The van der Waals surface area contributed by atoms with Gasteiger partial charge >= 0.3 is 71.1 Å². The van der Waals surface area contributed by atoms with Crippen molar-refractivity contribution in [1.82, 2.24) is 31.9 Å². The van der Waals surface area contributed by atoms with Crippen molar-refractivity contribution >= 4 is 41.5 Å². The summed E-state index contributed by atoms with van der Waals surface area (Å²) in [6.45, 7) is 0.910. The maximum absolute atomic E-state index is 10.6. The van der Waals surface area contributed by atoms with Crippen molar-refractivity contribution in [3.8, 4) is 0 Å². The summed E-state index contributed by atoms with van der Waals surface area (Å²) in [7, 11) is 18.2. The second-order valence-electron chi connectivity index (χ2n) is 8.27. The Bertz CT molecular complexity index is 721. The quantitative estimate of drug-likeness (QED) is 0.0476. The number of carbonyl (C=O) groups excluding carboxylic acids is 5. The number of carboxylic acid groups (broad SMARTS) is 2. The molecule has 0 aromatic rings. The zero-order valence-corrected chi connectivity index (χ0v) is 42.9. The van der Waals surface area contributed by atoms with Crippen molar-refractivity contribution in [1.29, 1.82) is 0 Å². The average Bonchev–Trinajstić information content (AvgIpc) is 3.24. The van der Waals surface area contributed by atoms with Crippen LogP contribution in [0.5, 0.6) is 0 Å². The molecule has 0 aliphatic rings. The number of aliphatic carboxylic acids is 2. The Hall–Kier alpha value is -2.11. The first kappa shape index (κ1) is 101. The molecule has 59 heavy (non-hydrogen) atoms. The van der Waals surface area contributed by atoms with Gasteiger partial charge in [0.15, 0.2) is 0 Å². The predicted octanol–water partition coefficient (Wildman–Crippen LogP) is -9.44. The number of nitrogens with one attached hydrogen (secondary N) is 6. The van der Waals surface area contributed by atoms with Crippen LogP contribution in [0.3, 0.4) is 0 Å². The van der Waals surface area contributed by atoms with Crippen LogP contribution in [0.1, 0.15) is 77.0 Å². The van der Waals surface area contributed by atoms with Crippen LogP contribution in [0, 0.1) is 0 Å². The predicted molar refractivity (Wildman–Crippen MR) is 222 cm³/mol. The van der Waals surface area contributed by atoms with Gasteiger partial charge in [-0.1, -0.05) is 0 Å². The maximum atomic E-state index is 10.6. The van der Waals surface area contributed by atoms with Gasteiger partial charge < -0.3 is 90.7 Å². The molecular formula is C33H85N9Na2O15. The molecule has 0 atom stereocenters. The molecule has 0 fully saturated rings. The molecule has 0 rings (SSSR count). The summed E-state index contributed by atoms with van der Waals surface area (Å²) < 4.78 is 0. The van der Waals surface area contributed by atoms with Crippen LogP contribution in [-0.4, -0.2) is 181 Å². The van der Waals surface area contributed by atoms with E-state index >= 15 is 0 Å². The third kappa shape index (κ3) is 160. The minimum absolute atomic E-state index is 0. The van der Waals surface area contributed by atoms with Gasteiger partial charge in [0.1, 0.15) is 0 Å². The topological polar surface area (TPSA) is 451 Å². The molecule has 24 nitrogen and oxygen atoms in total. The van der Waals surface area contributed by atoms with Gasteiger partial charge in [-0.2, -0.15) is 0 Å². The van der Waals surface area contributed by atoms with Crippen molar-refractivity contribution in [3.05, 3.63) is 0 Å². The number of amides is 5. The fourth-order valence-corrected chi connectivity index (χ4v) is 2.42. The Kier molecular flexibility index (Phi) is 201. The first-order valence-corrected chi connectivity index (χ1v) is 17.0. The largest absolute Gasteiger partial charge is 1.00 e. The number of aliphatic hydroxyl groups is 4. The summed E-state index contributed by atoms with van der Waals surface area (Å²) in [5, 5.41) is 59.7. The molecule has 0 unspecified atom stereocenters. The zero-order chi connectivity index (χ0) is 46.5. The molecule has 0 spiro atoms. The minimum Gasteiger partial charge on any atom is -0.870 e. The van der Waals surface area contributed by atoms with Gasteiger partial charge in [-0.05, 0) is 66.8 Å². The Morgan fingerprint density at radius 1 is 0.356 bits per heavy atom. The smallest absolute Gasteiger partial charge is 0.870 e. The van der Waals surface area contributed by atoms with Crippen molar-refractivity contribution in [2.45, 2.75) is 77.0 Å². The Morgan fingerprint density at radius 2 is 0.525 bits per heavy atom. The summed E-state index contributed by atoms with van der Waals surface area (Å²) in [6, 6.07) is 0. The normalized spacial score (nSPS) is 6.98. The summed E-state index contributed by atoms with van der Waals surface area (Å²) in [5.41, 5.74) is 13.5. The molecular weight excluding hydrogens is 808 g/mol. The SMILES string of the molecule is CN.CN.CN.CNC(=O)CCCC(=O)NC.CNC(=O)CCCC(=O)NC.CNC(=O)CCCC(=O)O.CNCCCCC(=O)O.CO.CO.CO.CO.[Na+].[Na+].[OH-].[OH-]. The molecule has 0 aliphatic heterocycles. The van der Waals surface area contributed by atoms with Crippen molar-refractivity contribution < 1.29 is 134 Å². The molecule has 26 heteroatoms.